The highest BCUT2D eigenvalue weighted by Crippen LogP contribution is 2.25. The summed E-state index contributed by atoms with van der Waals surface area (Å²) in [5.41, 5.74) is 0. The molecule has 0 radical (unpaired) electrons. The van der Waals surface area contributed by atoms with Crippen LogP contribution >= 0.6 is 11.3 Å². The molecule has 1 heterocycles. The minimum Gasteiger partial charge on any atom is -0.477 e. The molecule has 0 aliphatic heterocycles. The normalized spacial score (nSPS) is 12.9. The van der Waals surface area contributed by atoms with E-state index in [2.05, 4.69) is 0 Å². The standard InChI is InChI=1S/C8H7F4NO4S2/c9-7(10)8(11,12)3-13-19(16,17)4-1-2-18-5(4)6(14)15/h1-2,7,13H,3H2,(H,14,15). The molecule has 5 nitrogen and oxygen atoms in total. The van der Waals surface area contributed by atoms with Crippen molar-refractivity contribution >= 4 is 27.3 Å². The first-order valence-corrected chi connectivity index (χ1v) is 6.90. The monoisotopic (exact) mass is 321 g/mol. The average molecular weight is 321 g/mol. The zero-order valence-electron chi connectivity index (χ0n) is 8.94. The molecule has 0 saturated carbocycles. The molecule has 2 N–H and O–H groups in total. The number of nitrogens with one attached hydrogen (secondary N) is 1. The third-order valence-corrected chi connectivity index (χ3v) is 4.41. The van der Waals surface area contributed by atoms with Crippen molar-refractivity contribution in [3.8, 4) is 0 Å². The highest BCUT2D eigenvalue weighted by atomic mass is 32.2. The van der Waals surface area contributed by atoms with Crippen LogP contribution in [0.1, 0.15) is 9.67 Å². The summed E-state index contributed by atoms with van der Waals surface area (Å²) in [6.07, 6.45) is -4.03. The lowest BCUT2D eigenvalue weighted by Crippen LogP contribution is -2.41. The zero-order valence-corrected chi connectivity index (χ0v) is 10.6. The van der Waals surface area contributed by atoms with Crippen molar-refractivity contribution in [1.82, 2.24) is 4.72 Å². The molecule has 0 fully saturated rings. The second-order valence-corrected chi connectivity index (χ2v) is 5.96. The van der Waals surface area contributed by atoms with Crippen LogP contribution in [0.25, 0.3) is 0 Å². The Morgan fingerprint density at radius 3 is 2.53 bits per heavy atom. The van der Waals surface area contributed by atoms with E-state index in [1.54, 1.807) is 0 Å². The van der Waals surface area contributed by atoms with Gasteiger partial charge >= 0.3 is 18.3 Å². The summed E-state index contributed by atoms with van der Waals surface area (Å²) in [7, 11) is -4.59. The molecule has 0 spiro atoms. The van der Waals surface area contributed by atoms with Gasteiger partial charge in [-0.3, -0.25) is 0 Å². The Balaban J connectivity index is 2.94. The van der Waals surface area contributed by atoms with Gasteiger partial charge < -0.3 is 5.11 Å². The van der Waals surface area contributed by atoms with E-state index in [9.17, 15) is 30.8 Å². The van der Waals surface area contributed by atoms with Crippen LogP contribution in [0.2, 0.25) is 0 Å². The van der Waals surface area contributed by atoms with E-state index >= 15 is 0 Å². The van der Waals surface area contributed by atoms with Crippen molar-refractivity contribution in [2.75, 3.05) is 6.54 Å². The fraction of sp³-hybridized carbons (Fsp3) is 0.375. The number of aromatic carboxylic acids is 1. The van der Waals surface area contributed by atoms with E-state index in [0.29, 0.717) is 11.3 Å². The first-order valence-electron chi connectivity index (χ1n) is 4.54. The van der Waals surface area contributed by atoms with Crippen molar-refractivity contribution in [2.45, 2.75) is 17.2 Å². The number of rotatable bonds is 6. The Bertz CT molecular complexity index is 569. The van der Waals surface area contributed by atoms with E-state index in [1.807, 2.05) is 0 Å². The number of sulfonamides is 1. The molecule has 0 aromatic carbocycles. The van der Waals surface area contributed by atoms with E-state index in [0.717, 1.165) is 11.4 Å². The second-order valence-electron chi connectivity index (χ2n) is 3.31. The third-order valence-electron chi connectivity index (χ3n) is 1.93. The van der Waals surface area contributed by atoms with Crippen LogP contribution in [0.4, 0.5) is 17.6 Å². The second kappa shape index (κ2) is 5.43. The number of hydrogen-bond donors (Lipinski definition) is 2. The van der Waals surface area contributed by atoms with Crippen LogP contribution in [-0.4, -0.2) is 38.4 Å². The minimum atomic E-state index is -4.59. The van der Waals surface area contributed by atoms with E-state index in [-0.39, 0.29) is 0 Å². The molecular formula is C8H7F4NO4S2. The van der Waals surface area contributed by atoms with Gasteiger partial charge in [-0.15, -0.1) is 11.3 Å². The van der Waals surface area contributed by atoms with Crippen molar-refractivity contribution < 1.29 is 35.9 Å². The maximum absolute atomic E-state index is 12.6. The van der Waals surface area contributed by atoms with Crippen molar-refractivity contribution in [2.24, 2.45) is 0 Å². The molecule has 0 aliphatic carbocycles. The Labute approximate surface area is 108 Å². The van der Waals surface area contributed by atoms with Crippen LogP contribution in [0.3, 0.4) is 0 Å². The van der Waals surface area contributed by atoms with Gasteiger partial charge in [0.2, 0.25) is 10.0 Å². The summed E-state index contributed by atoms with van der Waals surface area (Å²) in [4.78, 5) is 9.36. The Morgan fingerprint density at radius 1 is 1.47 bits per heavy atom. The number of carbonyl (C=O) groups is 1. The van der Waals surface area contributed by atoms with Gasteiger partial charge in [-0.05, 0) is 11.4 Å². The van der Waals surface area contributed by atoms with Gasteiger partial charge in [-0.25, -0.2) is 26.7 Å². The molecule has 11 heteroatoms. The smallest absolute Gasteiger partial charge is 0.347 e. The molecule has 0 aliphatic rings. The lowest BCUT2D eigenvalue weighted by molar-refractivity contribution is -0.122. The van der Waals surface area contributed by atoms with Gasteiger partial charge in [-0.2, -0.15) is 8.78 Å². The zero-order chi connectivity index (χ0) is 14.8. The summed E-state index contributed by atoms with van der Waals surface area (Å²) in [5.74, 6) is -6.09. The van der Waals surface area contributed by atoms with E-state index in [1.165, 1.54) is 4.72 Å². The number of carboxylic acid groups (broad SMARTS) is 1. The SMILES string of the molecule is O=C(O)c1sccc1S(=O)(=O)NCC(F)(F)C(F)F. The van der Waals surface area contributed by atoms with Crippen LogP contribution < -0.4 is 4.72 Å². The van der Waals surface area contributed by atoms with Crippen LogP contribution in [0, 0.1) is 0 Å². The molecule has 1 aromatic heterocycles. The van der Waals surface area contributed by atoms with Gasteiger partial charge in [0.05, 0.1) is 6.54 Å². The van der Waals surface area contributed by atoms with E-state index in [4.69, 9.17) is 5.11 Å². The summed E-state index contributed by atoms with van der Waals surface area (Å²) < 4.78 is 73.2. The molecule has 1 aromatic rings. The largest absolute Gasteiger partial charge is 0.477 e. The first-order chi connectivity index (χ1) is 8.58. The summed E-state index contributed by atoms with van der Waals surface area (Å²) in [5, 5.41) is 9.81. The predicted octanol–water partition coefficient (Wildman–Crippen LogP) is 1.63. The fourth-order valence-electron chi connectivity index (χ4n) is 1.01. The first kappa shape index (κ1) is 15.9. The van der Waals surface area contributed by atoms with Crippen LogP contribution in [-0.2, 0) is 10.0 Å². The lowest BCUT2D eigenvalue weighted by Gasteiger charge is -2.15. The Hall–Kier alpha value is -1.20. The third kappa shape index (κ3) is 3.64. The summed E-state index contributed by atoms with van der Waals surface area (Å²) >= 11 is 0.570. The summed E-state index contributed by atoms with van der Waals surface area (Å²) in [6, 6.07) is 0.886. The Morgan fingerprint density at radius 2 is 2.05 bits per heavy atom. The quantitative estimate of drug-likeness (QED) is 0.780. The number of carboxylic acids is 1. The molecular weight excluding hydrogens is 314 g/mol. The molecule has 19 heavy (non-hydrogen) atoms. The highest BCUT2D eigenvalue weighted by molar-refractivity contribution is 7.89. The fourth-order valence-corrected chi connectivity index (χ4v) is 3.31. The maximum Gasteiger partial charge on any atom is 0.347 e. The van der Waals surface area contributed by atoms with Crippen molar-refractivity contribution in [3.05, 3.63) is 16.3 Å². The topological polar surface area (TPSA) is 83.5 Å². The lowest BCUT2D eigenvalue weighted by atomic mass is 10.4. The maximum atomic E-state index is 12.6. The molecule has 0 atom stereocenters. The Kier molecular flexibility index (Phi) is 4.53. The molecule has 0 saturated heterocycles. The molecule has 0 bridgehead atoms. The predicted molar refractivity (Wildman–Crippen MR) is 57.4 cm³/mol. The van der Waals surface area contributed by atoms with Crippen LogP contribution in [0.15, 0.2) is 16.3 Å². The van der Waals surface area contributed by atoms with E-state index < -0.39 is 44.7 Å². The van der Waals surface area contributed by atoms with Crippen molar-refractivity contribution in [3.63, 3.8) is 0 Å². The van der Waals surface area contributed by atoms with Gasteiger partial charge in [0.15, 0.2) is 0 Å². The van der Waals surface area contributed by atoms with Crippen LogP contribution in [0.5, 0.6) is 0 Å². The number of halogens is 4. The molecule has 0 unspecified atom stereocenters. The molecule has 0 amide bonds. The molecule has 1 rings (SSSR count). The number of alkyl halides is 4. The summed E-state index contributed by atoms with van der Waals surface area (Å²) in [6.45, 7) is -1.82. The van der Waals surface area contributed by atoms with Gasteiger partial charge in [0, 0.05) is 0 Å². The number of thiophene rings is 1. The highest BCUT2D eigenvalue weighted by Gasteiger charge is 2.42. The van der Waals surface area contributed by atoms with Gasteiger partial charge in [0.1, 0.15) is 9.77 Å². The minimum absolute atomic E-state index is 0.570. The van der Waals surface area contributed by atoms with Crippen molar-refractivity contribution in [1.29, 1.82) is 0 Å². The van der Waals surface area contributed by atoms with Gasteiger partial charge in [0.25, 0.3) is 0 Å². The number of hydrogen-bond acceptors (Lipinski definition) is 4. The molecule has 108 valence electrons. The van der Waals surface area contributed by atoms with Gasteiger partial charge in [-0.1, -0.05) is 0 Å². The average Bonchev–Trinajstić information content (AvgIpc) is 2.76.